The Hall–Kier alpha value is -0.320. The molecule has 0 spiro atoms. The average molecular weight is 347 g/mol. The molecular weight excluding hydrogens is 319 g/mol. The minimum absolute atomic E-state index is 0. The van der Waals surface area contributed by atoms with Crippen LogP contribution < -0.4 is 0 Å². The molecule has 0 saturated carbocycles. The average Bonchev–Trinajstić information content (AvgIpc) is 2.96. The van der Waals surface area contributed by atoms with Crippen LogP contribution in [0.3, 0.4) is 0 Å². The van der Waals surface area contributed by atoms with Gasteiger partial charge in [0.25, 0.3) is 0 Å². The van der Waals surface area contributed by atoms with Gasteiger partial charge in [-0.25, -0.2) is 0 Å². The molecule has 3 atom stereocenters. The Kier molecular flexibility index (Phi) is 8.15. The van der Waals surface area contributed by atoms with Crippen LogP contribution in [0.2, 0.25) is 0 Å². The first-order valence-electron chi connectivity index (χ1n) is 7.76. The third kappa shape index (κ3) is 4.15. The van der Waals surface area contributed by atoms with Gasteiger partial charge in [0.2, 0.25) is 0 Å². The Morgan fingerprint density at radius 2 is 1.82 bits per heavy atom. The van der Waals surface area contributed by atoms with Gasteiger partial charge in [0.15, 0.2) is 0 Å². The largest absolute Gasteiger partial charge is 0.385 e. The summed E-state index contributed by atoms with van der Waals surface area (Å²) < 4.78 is 5.17. The highest BCUT2D eigenvalue weighted by Crippen LogP contribution is 2.43. The molecule has 2 fully saturated rings. The van der Waals surface area contributed by atoms with Gasteiger partial charge in [-0.1, -0.05) is 30.3 Å². The molecule has 2 aliphatic rings. The minimum atomic E-state index is 0. The van der Waals surface area contributed by atoms with Crippen LogP contribution in [-0.4, -0.2) is 56.7 Å². The molecule has 22 heavy (non-hydrogen) atoms. The summed E-state index contributed by atoms with van der Waals surface area (Å²) in [4.78, 5) is 5.19. The molecule has 0 N–H and O–H groups in total. The maximum atomic E-state index is 5.17. The molecule has 0 radical (unpaired) electrons. The maximum absolute atomic E-state index is 5.17. The summed E-state index contributed by atoms with van der Waals surface area (Å²) in [5.74, 6) is 1.64. The summed E-state index contributed by atoms with van der Waals surface area (Å²) in [6.07, 6.45) is 1.15. The van der Waals surface area contributed by atoms with Crippen molar-refractivity contribution in [3.8, 4) is 0 Å². The second-order valence-corrected chi connectivity index (χ2v) is 6.32. The number of benzene rings is 1. The lowest BCUT2D eigenvalue weighted by Crippen LogP contribution is -2.30. The zero-order chi connectivity index (χ0) is 13.9. The van der Waals surface area contributed by atoms with Gasteiger partial charge in [-0.3, -0.25) is 4.90 Å². The van der Waals surface area contributed by atoms with Crippen molar-refractivity contribution in [1.29, 1.82) is 0 Å². The van der Waals surface area contributed by atoms with Crippen molar-refractivity contribution < 1.29 is 4.74 Å². The number of hydrogen-bond acceptors (Lipinski definition) is 3. The van der Waals surface area contributed by atoms with E-state index in [0.717, 1.165) is 24.9 Å². The number of likely N-dealkylation sites (tertiary alicyclic amines) is 2. The van der Waals surface area contributed by atoms with E-state index in [1.807, 2.05) is 0 Å². The van der Waals surface area contributed by atoms with Crippen LogP contribution >= 0.6 is 24.8 Å². The van der Waals surface area contributed by atoms with E-state index in [1.165, 1.54) is 31.7 Å². The second kappa shape index (κ2) is 9.09. The standard InChI is InChI=1S/C17H26N2O.2ClH/c1-18-11-15-12-19(9-6-10-20-2)13-16(15)17(18)14-7-4-3-5-8-14;;/h3-5,7-8,15-17H,6,9-13H2,1-2H3;2*1H/t15-,16+,17-;;/m0../s1. The van der Waals surface area contributed by atoms with Crippen molar-refractivity contribution in [2.75, 3.05) is 46.9 Å². The molecule has 2 heterocycles. The number of hydrogen-bond donors (Lipinski definition) is 0. The van der Waals surface area contributed by atoms with E-state index in [0.29, 0.717) is 6.04 Å². The fraction of sp³-hybridized carbons (Fsp3) is 0.647. The highest BCUT2D eigenvalue weighted by Gasteiger charge is 2.45. The summed E-state index contributed by atoms with van der Waals surface area (Å²) in [7, 11) is 4.07. The summed E-state index contributed by atoms with van der Waals surface area (Å²) in [6.45, 7) is 5.82. The molecule has 3 nitrogen and oxygen atoms in total. The molecule has 2 aliphatic heterocycles. The number of halogens is 2. The van der Waals surface area contributed by atoms with Crippen molar-refractivity contribution in [2.24, 2.45) is 11.8 Å². The van der Waals surface area contributed by atoms with Crippen LogP contribution in [0.15, 0.2) is 30.3 Å². The van der Waals surface area contributed by atoms with Gasteiger partial charge in [0.05, 0.1) is 0 Å². The Morgan fingerprint density at radius 1 is 1.09 bits per heavy atom. The number of methoxy groups -OCH3 is 1. The van der Waals surface area contributed by atoms with E-state index in [4.69, 9.17) is 4.74 Å². The van der Waals surface area contributed by atoms with E-state index in [2.05, 4.69) is 47.2 Å². The first-order valence-corrected chi connectivity index (χ1v) is 7.76. The predicted octanol–water partition coefficient (Wildman–Crippen LogP) is 3.10. The number of rotatable bonds is 5. The van der Waals surface area contributed by atoms with Crippen LogP contribution in [0.5, 0.6) is 0 Å². The van der Waals surface area contributed by atoms with E-state index < -0.39 is 0 Å². The molecule has 3 rings (SSSR count). The lowest BCUT2D eigenvalue weighted by molar-refractivity contribution is 0.171. The van der Waals surface area contributed by atoms with Crippen molar-refractivity contribution in [3.05, 3.63) is 35.9 Å². The quantitative estimate of drug-likeness (QED) is 0.762. The smallest absolute Gasteiger partial charge is 0.0474 e. The van der Waals surface area contributed by atoms with Crippen molar-refractivity contribution in [2.45, 2.75) is 12.5 Å². The minimum Gasteiger partial charge on any atom is -0.385 e. The number of ether oxygens (including phenoxy) is 1. The van der Waals surface area contributed by atoms with Gasteiger partial charge in [0.1, 0.15) is 0 Å². The zero-order valence-electron chi connectivity index (χ0n) is 13.5. The molecule has 0 unspecified atom stereocenters. The molecule has 2 saturated heterocycles. The van der Waals surface area contributed by atoms with Crippen molar-refractivity contribution in [1.82, 2.24) is 9.80 Å². The SMILES string of the molecule is COCCCN1C[C@@H]2CN(C)[C@@H](c3ccccc3)[C@@H]2C1.Cl.Cl. The van der Waals surface area contributed by atoms with Crippen molar-refractivity contribution >= 4 is 24.8 Å². The van der Waals surface area contributed by atoms with Gasteiger partial charge >= 0.3 is 0 Å². The first-order chi connectivity index (χ1) is 9.79. The molecule has 0 bridgehead atoms. The lowest BCUT2D eigenvalue weighted by atomic mass is 9.90. The first kappa shape index (κ1) is 19.7. The van der Waals surface area contributed by atoms with Crippen LogP contribution in [0.1, 0.15) is 18.0 Å². The molecular formula is C17H28Cl2N2O. The molecule has 1 aromatic carbocycles. The maximum Gasteiger partial charge on any atom is 0.0474 e. The zero-order valence-corrected chi connectivity index (χ0v) is 15.1. The van der Waals surface area contributed by atoms with Crippen LogP contribution in [0.4, 0.5) is 0 Å². The highest BCUT2D eigenvalue weighted by molar-refractivity contribution is 5.85. The van der Waals surface area contributed by atoms with Crippen molar-refractivity contribution in [3.63, 3.8) is 0 Å². The third-order valence-electron chi connectivity index (χ3n) is 4.93. The molecule has 0 amide bonds. The molecule has 1 aromatic rings. The van der Waals surface area contributed by atoms with Crippen LogP contribution in [0, 0.1) is 11.8 Å². The summed E-state index contributed by atoms with van der Waals surface area (Å²) in [5.41, 5.74) is 1.49. The van der Waals surface area contributed by atoms with Gasteiger partial charge in [-0.2, -0.15) is 0 Å². The Morgan fingerprint density at radius 3 is 2.50 bits per heavy atom. The normalized spacial score (nSPS) is 28.0. The molecule has 0 aliphatic carbocycles. The monoisotopic (exact) mass is 346 g/mol. The second-order valence-electron chi connectivity index (χ2n) is 6.32. The van der Waals surface area contributed by atoms with Gasteiger partial charge in [-0.15, -0.1) is 24.8 Å². The van der Waals surface area contributed by atoms with Gasteiger partial charge in [-0.05, 0) is 30.9 Å². The van der Waals surface area contributed by atoms with Crippen LogP contribution in [-0.2, 0) is 4.74 Å². The summed E-state index contributed by atoms with van der Waals surface area (Å²) in [5, 5.41) is 0. The molecule has 5 heteroatoms. The van der Waals surface area contributed by atoms with Gasteiger partial charge in [0, 0.05) is 45.9 Å². The van der Waals surface area contributed by atoms with E-state index in [1.54, 1.807) is 7.11 Å². The van der Waals surface area contributed by atoms with Crippen LogP contribution in [0.25, 0.3) is 0 Å². The highest BCUT2D eigenvalue weighted by atomic mass is 35.5. The fourth-order valence-electron chi connectivity index (χ4n) is 4.12. The lowest BCUT2D eigenvalue weighted by Gasteiger charge is -2.26. The van der Waals surface area contributed by atoms with E-state index in [-0.39, 0.29) is 24.8 Å². The fourth-order valence-corrected chi connectivity index (χ4v) is 4.12. The number of fused-ring (bicyclic) bond motifs is 1. The Labute approximate surface area is 146 Å². The Bertz CT molecular complexity index is 432. The molecule has 126 valence electrons. The van der Waals surface area contributed by atoms with E-state index >= 15 is 0 Å². The van der Waals surface area contributed by atoms with Gasteiger partial charge < -0.3 is 9.64 Å². The molecule has 0 aromatic heterocycles. The number of nitrogens with zero attached hydrogens (tertiary/aromatic N) is 2. The Balaban J connectivity index is 0.00000121. The third-order valence-corrected chi connectivity index (χ3v) is 4.93. The topological polar surface area (TPSA) is 15.7 Å². The predicted molar refractivity (Wildman–Crippen MR) is 96.2 cm³/mol. The summed E-state index contributed by atoms with van der Waals surface area (Å²) in [6, 6.07) is 11.6. The summed E-state index contributed by atoms with van der Waals surface area (Å²) >= 11 is 0. The van der Waals surface area contributed by atoms with E-state index in [9.17, 15) is 0 Å².